The minimum Gasteiger partial charge on any atom is -0.338 e. The third kappa shape index (κ3) is 7.78. The highest BCUT2D eigenvalue weighted by Gasteiger charge is 2.59. The third-order valence-corrected chi connectivity index (χ3v) is 9.16. The molecule has 3 aliphatic rings. The molecule has 6 nitrogen and oxygen atoms in total. The van der Waals surface area contributed by atoms with Crippen LogP contribution in [0.15, 0.2) is 0 Å². The Labute approximate surface area is 208 Å². The Morgan fingerprint density at radius 2 is 1.38 bits per heavy atom. The van der Waals surface area contributed by atoms with Crippen LogP contribution in [0.25, 0.3) is 0 Å². The number of fused-ring (bicyclic) bond motifs is 5. The molecule has 4 amide bonds. The zero-order chi connectivity index (χ0) is 24.2. The lowest BCUT2D eigenvalue weighted by Gasteiger charge is -2.36. The number of rotatable bonds is 16. The molecule has 196 valence electrons. The van der Waals surface area contributed by atoms with Crippen LogP contribution in [-0.2, 0) is 0 Å². The zero-order valence-electron chi connectivity index (χ0n) is 22.1. The normalized spacial score (nSPS) is 29.1. The van der Waals surface area contributed by atoms with Gasteiger partial charge in [-0.2, -0.15) is 0 Å². The molecule has 34 heavy (non-hydrogen) atoms. The van der Waals surface area contributed by atoms with Crippen LogP contribution in [0.1, 0.15) is 110 Å². The Morgan fingerprint density at radius 1 is 0.765 bits per heavy atom. The number of unbranched alkanes of at least 4 members (excludes halogenated alkanes) is 6. The zero-order valence-corrected chi connectivity index (χ0v) is 22.1. The van der Waals surface area contributed by atoms with E-state index >= 15 is 0 Å². The predicted molar refractivity (Wildman–Crippen MR) is 140 cm³/mol. The average molecular weight is 477 g/mol. The fraction of sp³-hybridized carbons (Fsp3) is 0.929. The van der Waals surface area contributed by atoms with Crippen LogP contribution in [0.4, 0.5) is 9.59 Å². The van der Waals surface area contributed by atoms with Crippen molar-refractivity contribution >= 4 is 12.1 Å². The molecule has 0 aliphatic heterocycles. The van der Waals surface area contributed by atoms with Gasteiger partial charge >= 0.3 is 12.1 Å². The van der Waals surface area contributed by atoms with Gasteiger partial charge in [-0.3, -0.25) is 0 Å². The van der Waals surface area contributed by atoms with E-state index in [-0.39, 0.29) is 12.1 Å². The first-order chi connectivity index (χ1) is 16.6. The minimum absolute atomic E-state index is 0.000874. The highest BCUT2D eigenvalue weighted by molar-refractivity contribution is 5.74. The lowest BCUT2D eigenvalue weighted by molar-refractivity contribution is 0.139. The minimum atomic E-state index is 0.000874. The second-order valence-corrected chi connectivity index (χ2v) is 11.5. The van der Waals surface area contributed by atoms with Crippen LogP contribution in [-0.4, -0.2) is 38.2 Å². The van der Waals surface area contributed by atoms with E-state index in [2.05, 4.69) is 35.1 Å². The number of carbonyl (C=O) groups excluding carboxylic acids is 2. The van der Waals surface area contributed by atoms with Crippen molar-refractivity contribution in [1.29, 1.82) is 0 Å². The standard InChI is InChI=1S/C28H52N4O2/c1-3-5-7-9-15-29-26(33)31-17-12-22-19-24-23-11-13-28(21-23,25(24)20-22)14-18-32-27(34)30-16-10-8-6-4-2/h22-25H,3-21H2,1-2H3,(H2,29,31,33)(H2,30,32,34). The molecule has 2 bridgehead atoms. The van der Waals surface area contributed by atoms with Crippen molar-refractivity contribution in [3.63, 3.8) is 0 Å². The largest absolute Gasteiger partial charge is 0.338 e. The summed E-state index contributed by atoms with van der Waals surface area (Å²) < 4.78 is 0. The van der Waals surface area contributed by atoms with E-state index in [1.165, 1.54) is 70.6 Å². The van der Waals surface area contributed by atoms with Crippen molar-refractivity contribution in [1.82, 2.24) is 21.3 Å². The SMILES string of the molecule is CCCCCCNC(=O)NCCC1CC2C3CCC(CCNC(=O)NCCCCCC)(C3)C2C1. The molecule has 3 fully saturated rings. The summed E-state index contributed by atoms with van der Waals surface area (Å²) in [5.41, 5.74) is 0.460. The summed E-state index contributed by atoms with van der Waals surface area (Å²) >= 11 is 0. The molecule has 0 aromatic heterocycles. The van der Waals surface area contributed by atoms with Gasteiger partial charge in [0.15, 0.2) is 0 Å². The van der Waals surface area contributed by atoms with Gasteiger partial charge < -0.3 is 21.3 Å². The molecule has 5 unspecified atom stereocenters. The summed E-state index contributed by atoms with van der Waals surface area (Å²) in [5, 5.41) is 12.2. The van der Waals surface area contributed by atoms with Crippen molar-refractivity contribution < 1.29 is 9.59 Å². The lowest BCUT2D eigenvalue weighted by atomic mass is 9.69. The van der Waals surface area contributed by atoms with Crippen LogP contribution in [0, 0.1) is 29.1 Å². The van der Waals surface area contributed by atoms with E-state index in [0.717, 1.165) is 75.5 Å². The maximum absolute atomic E-state index is 12.2. The Morgan fingerprint density at radius 3 is 2.03 bits per heavy atom. The first-order valence-electron chi connectivity index (χ1n) is 14.6. The molecule has 4 N–H and O–H groups in total. The first-order valence-corrected chi connectivity index (χ1v) is 14.6. The summed E-state index contributed by atoms with van der Waals surface area (Å²) in [6.45, 7) is 7.59. The number of urea groups is 2. The summed E-state index contributed by atoms with van der Waals surface area (Å²) in [5.74, 6) is 3.38. The number of hydrogen-bond donors (Lipinski definition) is 4. The Balaban J connectivity index is 1.31. The fourth-order valence-corrected chi connectivity index (χ4v) is 7.40. The highest BCUT2D eigenvalue weighted by atomic mass is 16.2. The van der Waals surface area contributed by atoms with Crippen LogP contribution in [0.2, 0.25) is 0 Å². The molecule has 0 aromatic rings. The quantitative estimate of drug-likeness (QED) is 0.207. The second-order valence-electron chi connectivity index (χ2n) is 11.5. The van der Waals surface area contributed by atoms with Crippen molar-refractivity contribution in [2.24, 2.45) is 29.1 Å². The van der Waals surface area contributed by atoms with Gasteiger partial charge in [0.1, 0.15) is 0 Å². The molecule has 0 heterocycles. The van der Waals surface area contributed by atoms with Crippen LogP contribution < -0.4 is 21.3 Å². The summed E-state index contributed by atoms with van der Waals surface area (Å²) in [6, 6.07) is 0.0111. The molecular formula is C28H52N4O2. The van der Waals surface area contributed by atoms with Crippen LogP contribution in [0.3, 0.4) is 0 Å². The van der Waals surface area contributed by atoms with E-state index in [1.807, 2.05) is 0 Å². The second kappa shape index (κ2) is 14.2. The number of carbonyl (C=O) groups is 2. The Hall–Kier alpha value is -1.46. The van der Waals surface area contributed by atoms with Gasteiger partial charge in [-0.25, -0.2) is 9.59 Å². The van der Waals surface area contributed by atoms with E-state index in [1.54, 1.807) is 0 Å². The molecule has 0 radical (unpaired) electrons. The van der Waals surface area contributed by atoms with E-state index < -0.39 is 0 Å². The third-order valence-electron chi connectivity index (χ3n) is 9.16. The van der Waals surface area contributed by atoms with E-state index in [9.17, 15) is 9.59 Å². The number of amides is 4. The Bertz CT molecular complexity index is 628. The molecule has 0 spiro atoms. The van der Waals surface area contributed by atoms with Gasteiger partial charge in [-0.15, -0.1) is 0 Å². The van der Waals surface area contributed by atoms with Gasteiger partial charge in [0.05, 0.1) is 0 Å². The maximum atomic E-state index is 12.2. The molecular weight excluding hydrogens is 424 g/mol. The molecule has 0 saturated heterocycles. The number of nitrogens with one attached hydrogen (secondary N) is 4. The first kappa shape index (κ1) is 27.1. The van der Waals surface area contributed by atoms with E-state index in [4.69, 9.17) is 0 Å². The smallest absolute Gasteiger partial charge is 0.314 e. The van der Waals surface area contributed by atoms with Gasteiger partial charge in [-0.1, -0.05) is 52.4 Å². The summed E-state index contributed by atoms with van der Waals surface area (Å²) in [7, 11) is 0. The monoisotopic (exact) mass is 476 g/mol. The summed E-state index contributed by atoms with van der Waals surface area (Å²) in [6.07, 6.45) is 18.5. The van der Waals surface area contributed by atoms with Gasteiger partial charge in [0, 0.05) is 26.2 Å². The predicted octanol–water partition coefficient (Wildman–Crippen LogP) is 5.97. The van der Waals surface area contributed by atoms with Gasteiger partial charge in [0.25, 0.3) is 0 Å². The Kier molecular flexibility index (Phi) is 11.3. The topological polar surface area (TPSA) is 82.3 Å². The van der Waals surface area contributed by atoms with Crippen molar-refractivity contribution in [3.05, 3.63) is 0 Å². The van der Waals surface area contributed by atoms with Crippen LogP contribution in [0.5, 0.6) is 0 Å². The summed E-state index contributed by atoms with van der Waals surface area (Å²) in [4.78, 5) is 24.2. The van der Waals surface area contributed by atoms with Gasteiger partial charge in [0.2, 0.25) is 0 Å². The lowest BCUT2D eigenvalue weighted by Crippen LogP contribution is -2.39. The molecule has 0 aromatic carbocycles. The molecule has 5 atom stereocenters. The number of hydrogen-bond acceptors (Lipinski definition) is 2. The van der Waals surface area contributed by atoms with Crippen molar-refractivity contribution in [2.45, 2.75) is 110 Å². The molecule has 6 heteroatoms. The molecule has 3 rings (SSSR count). The highest BCUT2D eigenvalue weighted by Crippen LogP contribution is 2.68. The molecule has 3 saturated carbocycles. The van der Waals surface area contributed by atoms with E-state index in [0.29, 0.717) is 5.41 Å². The van der Waals surface area contributed by atoms with Crippen molar-refractivity contribution in [2.75, 3.05) is 26.2 Å². The fourth-order valence-electron chi connectivity index (χ4n) is 7.40. The van der Waals surface area contributed by atoms with Gasteiger partial charge in [-0.05, 0) is 86.9 Å². The average Bonchev–Trinajstić information content (AvgIpc) is 3.51. The van der Waals surface area contributed by atoms with Crippen LogP contribution >= 0.6 is 0 Å². The van der Waals surface area contributed by atoms with Crippen molar-refractivity contribution in [3.8, 4) is 0 Å². The molecule has 3 aliphatic carbocycles. The maximum Gasteiger partial charge on any atom is 0.314 e.